The smallest absolute Gasteiger partial charge is 0.123 e. The van der Waals surface area contributed by atoms with Crippen LogP contribution in [0.1, 0.15) is 79.0 Å². The van der Waals surface area contributed by atoms with E-state index in [1.54, 1.807) is 0 Å². The molecule has 0 aromatic heterocycles. The summed E-state index contributed by atoms with van der Waals surface area (Å²) in [6, 6.07) is 28.0. The Balaban J connectivity index is 0.000000255. The standard InChI is InChI=1S/C11H15F.2C11H16/c1-11(2,3)8-9-4-6-10(12)7-5-9;2*1-11(2,3)9-10-7-5-4-6-8-10/h4-7H,8H2,1-3H3;2*4-8H,9H2,1-3H3. The van der Waals surface area contributed by atoms with Gasteiger partial charge in [-0.15, -0.1) is 0 Å². The van der Waals surface area contributed by atoms with Gasteiger partial charge in [0.1, 0.15) is 5.82 Å². The van der Waals surface area contributed by atoms with Crippen LogP contribution in [0, 0.1) is 22.1 Å². The minimum absolute atomic E-state index is 0.160. The number of hydrogen-bond donors (Lipinski definition) is 0. The number of hydrogen-bond acceptors (Lipinski definition) is 0. The van der Waals surface area contributed by atoms with E-state index in [0.29, 0.717) is 10.8 Å². The maximum absolute atomic E-state index is 12.5. The van der Waals surface area contributed by atoms with Crippen molar-refractivity contribution in [3.63, 3.8) is 0 Å². The second-order valence-electron chi connectivity index (χ2n) is 12.8. The molecule has 0 saturated carbocycles. The van der Waals surface area contributed by atoms with Crippen molar-refractivity contribution in [3.05, 3.63) is 107 Å². The van der Waals surface area contributed by atoms with E-state index in [-0.39, 0.29) is 11.2 Å². The first kappa shape index (κ1) is 29.6. The molecule has 3 aromatic carbocycles. The fourth-order valence-electron chi connectivity index (χ4n) is 3.63. The van der Waals surface area contributed by atoms with Crippen molar-refractivity contribution < 1.29 is 4.39 Å². The summed E-state index contributed by atoms with van der Waals surface area (Å²) in [5.74, 6) is -0.160. The van der Waals surface area contributed by atoms with Crippen molar-refractivity contribution in [2.24, 2.45) is 16.2 Å². The van der Waals surface area contributed by atoms with Crippen LogP contribution >= 0.6 is 0 Å². The number of halogens is 1. The van der Waals surface area contributed by atoms with Crippen LogP contribution in [0.2, 0.25) is 0 Å². The second-order valence-corrected chi connectivity index (χ2v) is 12.8. The summed E-state index contributed by atoms with van der Waals surface area (Å²) in [5.41, 5.74) is 5.14. The maximum Gasteiger partial charge on any atom is 0.123 e. The van der Waals surface area contributed by atoms with Crippen LogP contribution < -0.4 is 0 Å². The Hall–Kier alpha value is -2.41. The lowest BCUT2D eigenvalue weighted by Gasteiger charge is -2.17. The molecule has 34 heavy (non-hydrogen) atoms. The molecule has 0 amide bonds. The molecule has 186 valence electrons. The van der Waals surface area contributed by atoms with Crippen molar-refractivity contribution >= 4 is 0 Å². The van der Waals surface area contributed by atoms with Gasteiger partial charge in [0.15, 0.2) is 0 Å². The number of benzene rings is 3. The van der Waals surface area contributed by atoms with E-state index in [1.165, 1.54) is 28.8 Å². The Kier molecular flexibility index (Phi) is 11.7. The quantitative estimate of drug-likeness (QED) is 0.363. The lowest BCUT2D eigenvalue weighted by Crippen LogP contribution is -2.08. The molecule has 0 fully saturated rings. The fourth-order valence-corrected chi connectivity index (χ4v) is 3.63. The fraction of sp³-hybridized carbons (Fsp3) is 0.455. The predicted molar refractivity (Wildman–Crippen MR) is 149 cm³/mol. The van der Waals surface area contributed by atoms with Crippen LogP contribution in [0.3, 0.4) is 0 Å². The van der Waals surface area contributed by atoms with Gasteiger partial charge in [-0.2, -0.15) is 0 Å². The third-order valence-electron chi connectivity index (χ3n) is 4.80. The highest BCUT2D eigenvalue weighted by molar-refractivity contribution is 5.18. The molecular weight excluding hydrogens is 415 g/mol. The zero-order chi connectivity index (χ0) is 25.8. The van der Waals surface area contributed by atoms with Gasteiger partial charge in [-0.1, -0.05) is 135 Å². The van der Waals surface area contributed by atoms with Gasteiger partial charge in [0, 0.05) is 0 Å². The van der Waals surface area contributed by atoms with Gasteiger partial charge in [-0.25, -0.2) is 4.39 Å². The second kappa shape index (κ2) is 13.5. The molecule has 0 N–H and O–H groups in total. The van der Waals surface area contributed by atoms with E-state index in [4.69, 9.17) is 0 Å². The van der Waals surface area contributed by atoms with Crippen LogP contribution in [0.4, 0.5) is 4.39 Å². The molecule has 0 aliphatic heterocycles. The summed E-state index contributed by atoms with van der Waals surface area (Å²) in [6.07, 6.45) is 3.31. The Bertz CT molecular complexity index is 851. The molecule has 3 rings (SSSR count). The van der Waals surface area contributed by atoms with E-state index < -0.39 is 0 Å². The van der Waals surface area contributed by atoms with Gasteiger partial charge < -0.3 is 0 Å². The van der Waals surface area contributed by atoms with E-state index >= 15 is 0 Å². The topological polar surface area (TPSA) is 0 Å². The predicted octanol–water partition coefficient (Wildman–Crippen LogP) is 9.96. The van der Waals surface area contributed by atoms with Crippen molar-refractivity contribution in [3.8, 4) is 0 Å². The minimum atomic E-state index is -0.160. The van der Waals surface area contributed by atoms with Gasteiger partial charge in [0.05, 0.1) is 0 Å². The molecule has 0 unspecified atom stereocenters. The Morgan fingerprint density at radius 2 is 0.676 bits per heavy atom. The zero-order valence-corrected chi connectivity index (χ0v) is 23.1. The average Bonchev–Trinajstić information content (AvgIpc) is 2.69. The molecule has 1 heteroatoms. The first-order valence-electron chi connectivity index (χ1n) is 12.5. The van der Waals surface area contributed by atoms with Gasteiger partial charge in [0.2, 0.25) is 0 Å². The van der Waals surface area contributed by atoms with Crippen molar-refractivity contribution in [1.82, 2.24) is 0 Å². The summed E-state index contributed by atoms with van der Waals surface area (Å²) < 4.78 is 12.5. The van der Waals surface area contributed by atoms with Gasteiger partial charge in [-0.3, -0.25) is 0 Å². The van der Waals surface area contributed by atoms with Gasteiger partial charge in [-0.05, 0) is 64.3 Å². The highest BCUT2D eigenvalue weighted by atomic mass is 19.1. The van der Waals surface area contributed by atoms with Crippen molar-refractivity contribution in [2.75, 3.05) is 0 Å². The van der Waals surface area contributed by atoms with Crippen LogP contribution in [-0.4, -0.2) is 0 Å². The molecular formula is C33H47F. The van der Waals surface area contributed by atoms with Crippen LogP contribution in [0.15, 0.2) is 84.9 Å². The molecule has 0 bridgehead atoms. The highest BCUT2D eigenvalue weighted by Gasteiger charge is 2.11. The zero-order valence-electron chi connectivity index (χ0n) is 23.1. The van der Waals surface area contributed by atoms with E-state index in [1.807, 2.05) is 12.1 Å². The SMILES string of the molecule is CC(C)(C)Cc1ccc(F)cc1.CC(C)(C)Cc1ccccc1.CC(C)(C)Cc1ccccc1. The van der Waals surface area contributed by atoms with Crippen LogP contribution in [-0.2, 0) is 19.3 Å². The lowest BCUT2D eigenvalue weighted by atomic mass is 9.88. The molecule has 0 saturated heterocycles. The van der Waals surface area contributed by atoms with Crippen molar-refractivity contribution in [2.45, 2.75) is 81.6 Å². The van der Waals surface area contributed by atoms with Crippen LogP contribution in [0.5, 0.6) is 0 Å². The highest BCUT2D eigenvalue weighted by Crippen LogP contribution is 2.21. The summed E-state index contributed by atoms with van der Waals surface area (Å²) in [4.78, 5) is 0. The Morgan fingerprint density at radius 1 is 0.412 bits per heavy atom. The Morgan fingerprint density at radius 3 is 0.941 bits per heavy atom. The monoisotopic (exact) mass is 462 g/mol. The molecule has 0 aliphatic carbocycles. The first-order valence-corrected chi connectivity index (χ1v) is 12.5. The molecule has 0 aliphatic rings. The summed E-state index contributed by atoms with van der Waals surface area (Å²) in [6.45, 7) is 20.1. The Labute approximate surface area is 209 Å². The minimum Gasteiger partial charge on any atom is -0.207 e. The summed E-state index contributed by atoms with van der Waals surface area (Å²) >= 11 is 0. The number of rotatable bonds is 3. The largest absolute Gasteiger partial charge is 0.207 e. The van der Waals surface area contributed by atoms with Gasteiger partial charge >= 0.3 is 0 Å². The molecule has 0 atom stereocenters. The third-order valence-corrected chi connectivity index (χ3v) is 4.80. The van der Waals surface area contributed by atoms with E-state index in [0.717, 1.165) is 19.3 Å². The molecule has 0 nitrogen and oxygen atoms in total. The third kappa shape index (κ3) is 16.2. The molecule has 0 spiro atoms. The van der Waals surface area contributed by atoms with Crippen LogP contribution in [0.25, 0.3) is 0 Å². The maximum atomic E-state index is 12.5. The summed E-state index contributed by atoms with van der Waals surface area (Å²) in [5, 5.41) is 0. The summed E-state index contributed by atoms with van der Waals surface area (Å²) in [7, 11) is 0. The first-order chi connectivity index (χ1) is 15.6. The lowest BCUT2D eigenvalue weighted by molar-refractivity contribution is 0.410. The molecule has 0 heterocycles. The van der Waals surface area contributed by atoms with E-state index in [2.05, 4.69) is 123 Å². The molecule has 0 radical (unpaired) electrons. The average molecular weight is 463 g/mol. The normalized spacial score (nSPS) is 11.6. The van der Waals surface area contributed by atoms with Crippen molar-refractivity contribution in [1.29, 1.82) is 0 Å². The van der Waals surface area contributed by atoms with Gasteiger partial charge in [0.25, 0.3) is 0 Å². The van der Waals surface area contributed by atoms with E-state index in [9.17, 15) is 4.39 Å². The molecule has 3 aromatic rings.